The number of carbonyl (C=O) groups is 2. The van der Waals surface area contributed by atoms with Gasteiger partial charge in [-0.25, -0.2) is 4.99 Å². The molecule has 38 heavy (non-hydrogen) atoms. The molecule has 2 N–H and O–H groups in total. The first-order valence-electron chi connectivity index (χ1n) is 13.6. The molecule has 2 aliphatic rings. The van der Waals surface area contributed by atoms with Gasteiger partial charge in [-0.15, -0.1) is 0 Å². The Bertz CT molecular complexity index is 1060. The third kappa shape index (κ3) is 7.12. The van der Waals surface area contributed by atoms with Gasteiger partial charge in [-0.2, -0.15) is 4.99 Å². The number of hydrogen-bond acceptors (Lipinski definition) is 6. The number of anilines is 1. The Morgan fingerprint density at radius 2 is 1.95 bits per heavy atom. The molecule has 1 fully saturated rings. The minimum atomic E-state index is -0.156. The molecule has 1 aliphatic carbocycles. The van der Waals surface area contributed by atoms with Gasteiger partial charge in [-0.05, 0) is 57.8 Å². The van der Waals surface area contributed by atoms with Crippen LogP contribution in [-0.2, 0) is 4.79 Å². The van der Waals surface area contributed by atoms with Crippen molar-refractivity contribution in [2.75, 3.05) is 52.2 Å². The molecular weight excluding hydrogens is 482 g/mol. The molecule has 0 spiro atoms. The molecule has 0 saturated heterocycles. The highest BCUT2D eigenvalue weighted by atomic mass is 16.5. The van der Waals surface area contributed by atoms with E-state index in [0.29, 0.717) is 48.5 Å². The summed E-state index contributed by atoms with van der Waals surface area (Å²) in [7, 11) is 3.34. The number of hydrogen-bond donors (Lipinski definition) is 2. The second kappa shape index (κ2) is 13.9. The highest BCUT2D eigenvalue weighted by molar-refractivity contribution is 6.00. The van der Waals surface area contributed by atoms with E-state index in [1.807, 2.05) is 6.92 Å². The Labute approximate surface area is 226 Å². The lowest BCUT2D eigenvalue weighted by molar-refractivity contribution is -0.127. The summed E-state index contributed by atoms with van der Waals surface area (Å²) < 4.78 is 5.58. The van der Waals surface area contributed by atoms with Crippen molar-refractivity contribution in [1.82, 2.24) is 20.0 Å². The summed E-state index contributed by atoms with van der Waals surface area (Å²) in [6.07, 6.45) is 4.97. The summed E-state index contributed by atoms with van der Waals surface area (Å²) in [6, 6.07) is 5.56. The zero-order valence-corrected chi connectivity index (χ0v) is 23.5. The van der Waals surface area contributed by atoms with Crippen LogP contribution in [0.3, 0.4) is 0 Å². The van der Waals surface area contributed by atoms with Crippen LogP contribution in [0.4, 0.5) is 5.69 Å². The van der Waals surface area contributed by atoms with E-state index in [4.69, 9.17) is 9.73 Å². The van der Waals surface area contributed by atoms with E-state index >= 15 is 0 Å². The average molecular weight is 526 g/mol. The number of carbonyl (C=O) groups excluding carboxylic acids is 2. The summed E-state index contributed by atoms with van der Waals surface area (Å²) >= 11 is 0. The Kier molecular flexibility index (Phi) is 10.7. The minimum absolute atomic E-state index is 0.0735. The molecule has 10 heteroatoms. The van der Waals surface area contributed by atoms with Gasteiger partial charge in [0.25, 0.3) is 5.91 Å². The lowest BCUT2D eigenvalue weighted by Gasteiger charge is -2.31. The van der Waals surface area contributed by atoms with Crippen molar-refractivity contribution in [1.29, 1.82) is 0 Å². The molecule has 0 bridgehead atoms. The average Bonchev–Trinajstić information content (AvgIpc) is 3.45. The van der Waals surface area contributed by atoms with Gasteiger partial charge in [0, 0.05) is 44.7 Å². The monoisotopic (exact) mass is 525 g/mol. The molecule has 0 aromatic heterocycles. The summed E-state index contributed by atoms with van der Waals surface area (Å²) in [4.78, 5) is 40.5. The number of likely N-dealkylation sites (N-methyl/N-ethyl adjacent to an activating group) is 1. The van der Waals surface area contributed by atoms with Crippen LogP contribution in [0.1, 0.15) is 63.2 Å². The van der Waals surface area contributed by atoms with Gasteiger partial charge in [-0.1, -0.05) is 26.7 Å². The second-order valence-electron chi connectivity index (χ2n) is 9.66. The number of nitrogens with zero attached hydrogens (tertiary/aromatic N) is 5. The molecule has 0 unspecified atom stereocenters. The maximum atomic E-state index is 12.7. The molecular formula is C28H43N7O3. The number of methoxy groups -OCH3 is 1. The quantitative estimate of drug-likeness (QED) is 0.358. The third-order valence-electron chi connectivity index (χ3n) is 7.48. The van der Waals surface area contributed by atoms with Crippen LogP contribution in [-0.4, -0.2) is 92.1 Å². The summed E-state index contributed by atoms with van der Waals surface area (Å²) in [5, 5.41) is 6.18. The van der Waals surface area contributed by atoms with E-state index in [9.17, 15) is 9.59 Å². The molecule has 1 saturated carbocycles. The fourth-order valence-corrected chi connectivity index (χ4v) is 4.98. The first-order chi connectivity index (χ1) is 18.3. The van der Waals surface area contributed by atoms with Gasteiger partial charge >= 0.3 is 0 Å². The van der Waals surface area contributed by atoms with Gasteiger partial charge in [0.2, 0.25) is 11.9 Å². The van der Waals surface area contributed by atoms with E-state index in [0.717, 1.165) is 44.0 Å². The fraction of sp³-hybridized carbons (Fsp3) is 0.571. The van der Waals surface area contributed by atoms with Crippen molar-refractivity contribution in [3.63, 3.8) is 0 Å². The lowest BCUT2D eigenvalue weighted by Crippen LogP contribution is -2.34. The van der Waals surface area contributed by atoms with Crippen LogP contribution in [0.2, 0.25) is 0 Å². The van der Waals surface area contributed by atoms with Crippen LogP contribution in [0.5, 0.6) is 5.75 Å². The number of rotatable bonds is 10. The third-order valence-corrected chi connectivity index (χ3v) is 7.48. The molecule has 3 rings (SSSR count). The molecule has 1 aromatic rings. The number of ether oxygens (including phenoxy) is 1. The standard InChI is InChI=1S/C28H43N7O3/c1-7-34(8-2)18-16-30-27(37)21-13-14-23(24(19-21)38-6)31-28(29-4)32-26-20(3)33(5)25(36)15-17-35(26)22-11-9-10-12-22/h13-14,19,22H,4,7-12,15-18H2,1-3,5-6H3,(H,30,37)(H,31,32). The molecule has 0 radical (unpaired) electrons. The normalized spacial score (nSPS) is 17.2. The largest absolute Gasteiger partial charge is 0.495 e. The van der Waals surface area contributed by atoms with Gasteiger partial charge in [-0.3, -0.25) is 9.59 Å². The number of allylic oxidation sites excluding steroid dienone is 1. The van der Waals surface area contributed by atoms with Gasteiger partial charge in [0.15, 0.2) is 5.82 Å². The molecule has 1 heterocycles. The molecule has 0 atom stereocenters. The van der Waals surface area contributed by atoms with E-state index in [2.05, 4.69) is 46.0 Å². The van der Waals surface area contributed by atoms with Crippen LogP contribution < -0.4 is 15.4 Å². The highest BCUT2D eigenvalue weighted by Gasteiger charge is 2.31. The SMILES string of the molecule is C=N/C(=N\C1=C(C)N(C)C(=O)CCN1C1CCCC1)Nc1ccc(C(=O)NCCN(CC)CC)cc1OC. The van der Waals surface area contributed by atoms with E-state index in [1.165, 1.54) is 12.8 Å². The number of nitrogens with one attached hydrogen (secondary N) is 2. The zero-order chi connectivity index (χ0) is 27.7. The summed E-state index contributed by atoms with van der Waals surface area (Å²) in [5.41, 5.74) is 1.90. The van der Waals surface area contributed by atoms with Crippen molar-refractivity contribution < 1.29 is 14.3 Å². The van der Waals surface area contributed by atoms with Crippen molar-refractivity contribution in [3.8, 4) is 5.75 Å². The maximum absolute atomic E-state index is 12.7. The zero-order valence-electron chi connectivity index (χ0n) is 23.5. The molecule has 1 aromatic carbocycles. The minimum Gasteiger partial charge on any atom is -0.495 e. The smallest absolute Gasteiger partial charge is 0.251 e. The molecule has 2 amide bonds. The summed E-state index contributed by atoms with van der Waals surface area (Å²) in [5.74, 6) is 1.42. The molecule has 1 aliphatic heterocycles. The number of amides is 2. The van der Waals surface area contributed by atoms with Gasteiger partial charge in [0.1, 0.15) is 5.75 Å². The predicted octanol–water partition coefficient (Wildman–Crippen LogP) is 3.53. The van der Waals surface area contributed by atoms with Crippen LogP contribution >= 0.6 is 0 Å². The van der Waals surface area contributed by atoms with Gasteiger partial charge in [0.05, 0.1) is 18.5 Å². The van der Waals surface area contributed by atoms with E-state index in [-0.39, 0.29) is 11.8 Å². The number of guanidine groups is 1. The van der Waals surface area contributed by atoms with Crippen LogP contribution in [0, 0.1) is 0 Å². The van der Waals surface area contributed by atoms with Crippen LogP contribution in [0.15, 0.2) is 39.7 Å². The van der Waals surface area contributed by atoms with E-state index < -0.39 is 0 Å². The first-order valence-corrected chi connectivity index (χ1v) is 13.6. The summed E-state index contributed by atoms with van der Waals surface area (Å²) in [6.45, 7) is 13.7. The van der Waals surface area contributed by atoms with Crippen molar-refractivity contribution in [2.24, 2.45) is 9.98 Å². The predicted molar refractivity (Wildman–Crippen MR) is 153 cm³/mol. The highest BCUT2D eigenvalue weighted by Crippen LogP contribution is 2.31. The second-order valence-corrected chi connectivity index (χ2v) is 9.66. The molecule has 208 valence electrons. The van der Waals surface area contributed by atoms with Crippen molar-refractivity contribution in [3.05, 3.63) is 35.3 Å². The Balaban J connectivity index is 1.82. The first kappa shape index (κ1) is 29.2. The Morgan fingerprint density at radius 1 is 1.24 bits per heavy atom. The van der Waals surface area contributed by atoms with Crippen LogP contribution in [0.25, 0.3) is 0 Å². The van der Waals surface area contributed by atoms with E-state index in [1.54, 1.807) is 37.3 Å². The number of aliphatic imine (C=N–C) groups is 2. The maximum Gasteiger partial charge on any atom is 0.251 e. The fourth-order valence-electron chi connectivity index (χ4n) is 4.98. The lowest BCUT2D eigenvalue weighted by atomic mass is 10.1. The molecule has 10 nitrogen and oxygen atoms in total. The topological polar surface area (TPSA) is 102 Å². The Morgan fingerprint density at radius 3 is 2.58 bits per heavy atom. The van der Waals surface area contributed by atoms with Gasteiger partial charge < -0.3 is 30.1 Å². The number of benzene rings is 1. The Hall–Kier alpha value is -3.40. The van der Waals surface area contributed by atoms with Crippen molar-refractivity contribution >= 4 is 30.2 Å². The van der Waals surface area contributed by atoms with Crippen molar-refractivity contribution in [2.45, 2.75) is 58.9 Å².